The van der Waals surface area contributed by atoms with Crippen LogP contribution in [0.4, 0.5) is 5.82 Å². The number of hydrogen-bond donors (Lipinski definition) is 0. The first-order valence-electron chi connectivity index (χ1n) is 5.24. The second-order valence-corrected chi connectivity index (χ2v) is 4.60. The van der Waals surface area contributed by atoms with E-state index in [9.17, 15) is 4.79 Å². The first-order chi connectivity index (χ1) is 7.18. The highest BCUT2D eigenvalue weighted by atomic mass is 35.5. The minimum absolute atomic E-state index is 0.213. The fourth-order valence-corrected chi connectivity index (χ4v) is 2.84. The maximum Gasteiger partial charge on any atom is 0.350 e. The molecule has 0 spiro atoms. The molecule has 2 aliphatic heterocycles. The molecular formula is C10H12ClN3O. The van der Waals surface area contributed by atoms with Crippen molar-refractivity contribution in [3.05, 3.63) is 21.2 Å². The van der Waals surface area contributed by atoms with Crippen LogP contribution in [-0.2, 0) is 13.0 Å². The van der Waals surface area contributed by atoms with Gasteiger partial charge in [-0.1, -0.05) is 11.6 Å². The lowest BCUT2D eigenvalue weighted by Crippen LogP contribution is -2.34. The zero-order chi connectivity index (χ0) is 10.6. The Morgan fingerprint density at radius 2 is 2.33 bits per heavy atom. The van der Waals surface area contributed by atoms with Crippen LogP contribution >= 0.6 is 11.6 Å². The van der Waals surface area contributed by atoms with E-state index in [1.807, 2.05) is 0 Å². The second kappa shape index (κ2) is 2.98. The van der Waals surface area contributed by atoms with Gasteiger partial charge in [-0.25, -0.2) is 4.79 Å². The zero-order valence-electron chi connectivity index (χ0n) is 8.53. The molecular weight excluding hydrogens is 214 g/mol. The third kappa shape index (κ3) is 1.14. The first-order valence-corrected chi connectivity index (χ1v) is 5.62. The molecule has 1 aromatic rings. The summed E-state index contributed by atoms with van der Waals surface area (Å²) in [6.07, 6.45) is 2.03. The minimum Gasteiger partial charge on any atom is -0.353 e. The van der Waals surface area contributed by atoms with Crippen LogP contribution in [0.1, 0.15) is 18.9 Å². The predicted molar refractivity (Wildman–Crippen MR) is 58.6 cm³/mol. The SMILES string of the molecule is C[C@H]1Cn2c3c(c(Cl)nc2=O)CCCN31. The van der Waals surface area contributed by atoms with E-state index in [0.29, 0.717) is 11.2 Å². The Labute approximate surface area is 92.5 Å². The van der Waals surface area contributed by atoms with Crippen molar-refractivity contribution in [2.75, 3.05) is 11.4 Å². The standard InChI is InChI=1S/C10H12ClN3O/c1-6-5-14-9-7(3-2-4-13(6)9)8(11)12-10(14)15/h6H,2-5H2,1H3/t6-/m0/s1. The van der Waals surface area contributed by atoms with Crippen LogP contribution in [0, 0.1) is 0 Å². The molecule has 15 heavy (non-hydrogen) atoms. The quantitative estimate of drug-likeness (QED) is 0.620. The van der Waals surface area contributed by atoms with Gasteiger partial charge in [0.15, 0.2) is 0 Å². The van der Waals surface area contributed by atoms with Gasteiger partial charge in [-0.2, -0.15) is 4.98 Å². The monoisotopic (exact) mass is 225 g/mol. The summed E-state index contributed by atoms with van der Waals surface area (Å²) in [5.41, 5.74) is 0.835. The molecule has 0 aromatic carbocycles. The smallest absolute Gasteiger partial charge is 0.350 e. The topological polar surface area (TPSA) is 38.1 Å². The van der Waals surface area contributed by atoms with Crippen LogP contribution < -0.4 is 10.6 Å². The molecule has 0 aliphatic carbocycles. The average molecular weight is 226 g/mol. The van der Waals surface area contributed by atoms with Crippen LogP contribution in [0.15, 0.2) is 4.79 Å². The summed E-state index contributed by atoms with van der Waals surface area (Å²) in [6.45, 7) is 3.90. The molecule has 0 amide bonds. The molecule has 1 atom stereocenters. The number of halogens is 1. The van der Waals surface area contributed by atoms with Gasteiger partial charge in [-0.3, -0.25) is 4.57 Å². The van der Waals surface area contributed by atoms with E-state index in [-0.39, 0.29) is 5.69 Å². The molecule has 5 heteroatoms. The lowest BCUT2D eigenvalue weighted by Gasteiger charge is -2.29. The van der Waals surface area contributed by atoms with E-state index in [2.05, 4.69) is 16.8 Å². The number of rotatable bonds is 0. The van der Waals surface area contributed by atoms with E-state index in [0.717, 1.165) is 37.3 Å². The van der Waals surface area contributed by atoms with Gasteiger partial charge in [0.1, 0.15) is 11.0 Å². The molecule has 80 valence electrons. The van der Waals surface area contributed by atoms with Crippen LogP contribution in [0.25, 0.3) is 0 Å². The Balaban J connectivity index is 2.32. The summed E-state index contributed by atoms with van der Waals surface area (Å²) in [5.74, 6) is 1.01. The van der Waals surface area contributed by atoms with E-state index < -0.39 is 0 Å². The molecule has 2 aliphatic rings. The molecule has 0 bridgehead atoms. The Bertz CT molecular complexity index is 482. The number of nitrogens with zero attached hydrogens (tertiary/aromatic N) is 3. The lowest BCUT2D eigenvalue weighted by atomic mass is 10.1. The molecule has 0 radical (unpaired) electrons. The van der Waals surface area contributed by atoms with Crippen LogP contribution in [0.3, 0.4) is 0 Å². The fraction of sp³-hybridized carbons (Fsp3) is 0.600. The average Bonchev–Trinajstić information content (AvgIpc) is 2.55. The Morgan fingerprint density at radius 1 is 1.53 bits per heavy atom. The van der Waals surface area contributed by atoms with Crippen molar-refractivity contribution in [3.63, 3.8) is 0 Å². The number of aromatic nitrogens is 2. The highest BCUT2D eigenvalue weighted by Crippen LogP contribution is 2.35. The molecule has 1 aromatic heterocycles. The van der Waals surface area contributed by atoms with Gasteiger partial charge >= 0.3 is 5.69 Å². The molecule has 3 rings (SSSR count). The van der Waals surface area contributed by atoms with E-state index in [1.165, 1.54) is 0 Å². The molecule has 0 N–H and O–H groups in total. The first kappa shape index (κ1) is 9.21. The van der Waals surface area contributed by atoms with E-state index in [1.54, 1.807) is 4.57 Å². The van der Waals surface area contributed by atoms with E-state index >= 15 is 0 Å². The maximum absolute atomic E-state index is 11.7. The van der Waals surface area contributed by atoms with Gasteiger partial charge in [0, 0.05) is 24.7 Å². The van der Waals surface area contributed by atoms with Gasteiger partial charge in [-0.15, -0.1) is 0 Å². The summed E-state index contributed by atoms with van der Waals surface area (Å²) in [5, 5.41) is 0.394. The normalized spacial score (nSPS) is 23.1. The maximum atomic E-state index is 11.7. The van der Waals surface area contributed by atoms with Crippen molar-refractivity contribution in [2.45, 2.75) is 32.4 Å². The fourth-order valence-electron chi connectivity index (χ4n) is 2.59. The van der Waals surface area contributed by atoms with Gasteiger partial charge in [-0.05, 0) is 19.8 Å². The van der Waals surface area contributed by atoms with Crippen LogP contribution in [0.2, 0.25) is 5.15 Å². The van der Waals surface area contributed by atoms with Gasteiger partial charge < -0.3 is 4.90 Å². The second-order valence-electron chi connectivity index (χ2n) is 4.24. The van der Waals surface area contributed by atoms with Gasteiger partial charge in [0.05, 0.1) is 0 Å². The summed E-state index contributed by atoms with van der Waals surface area (Å²) in [7, 11) is 0. The molecule has 4 nitrogen and oxygen atoms in total. The number of hydrogen-bond acceptors (Lipinski definition) is 3. The largest absolute Gasteiger partial charge is 0.353 e. The molecule has 3 heterocycles. The van der Waals surface area contributed by atoms with Crippen molar-refractivity contribution in [3.8, 4) is 0 Å². The lowest BCUT2D eigenvalue weighted by molar-refractivity contribution is 0.601. The highest BCUT2D eigenvalue weighted by molar-refractivity contribution is 6.30. The van der Waals surface area contributed by atoms with Crippen molar-refractivity contribution in [2.24, 2.45) is 0 Å². The van der Waals surface area contributed by atoms with Crippen LogP contribution in [0.5, 0.6) is 0 Å². The van der Waals surface area contributed by atoms with Gasteiger partial charge in [0.25, 0.3) is 0 Å². The van der Waals surface area contributed by atoms with Crippen molar-refractivity contribution < 1.29 is 0 Å². The third-order valence-corrected chi connectivity index (χ3v) is 3.59. The Morgan fingerprint density at radius 3 is 3.13 bits per heavy atom. The van der Waals surface area contributed by atoms with Crippen molar-refractivity contribution in [1.82, 2.24) is 9.55 Å². The molecule has 0 saturated heterocycles. The summed E-state index contributed by atoms with van der Waals surface area (Å²) in [6, 6.07) is 0.386. The van der Waals surface area contributed by atoms with Crippen molar-refractivity contribution >= 4 is 17.4 Å². The summed E-state index contributed by atoms with van der Waals surface area (Å²) >= 11 is 6.01. The van der Waals surface area contributed by atoms with Crippen molar-refractivity contribution in [1.29, 1.82) is 0 Å². The molecule has 0 fully saturated rings. The molecule has 0 saturated carbocycles. The number of anilines is 1. The summed E-state index contributed by atoms with van der Waals surface area (Å²) < 4.78 is 1.76. The zero-order valence-corrected chi connectivity index (χ0v) is 9.29. The molecule has 0 unspecified atom stereocenters. The Hall–Kier alpha value is -1.03. The predicted octanol–water partition coefficient (Wildman–Crippen LogP) is 1.05. The van der Waals surface area contributed by atoms with E-state index in [4.69, 9.17) is 11.6 Å². The minimum atomic E-state index is -0.213. The summed E-state index contributed by atoms with van der Waals surface area (Å²) in [4.78, 5) is 17.8. The van der Waals surface area contributed by atoms with Crippen LogP contribution in [-0.4, -0.2) is 22.1 Å². The van der Waals surface area contributed by atoms with Gasteiger partial charge in [0.2, 0.25) is 0 Å². The Kier molecular flexibility index (Phi) is 1.83. The highest BCUT2D eigenvalue weighted by Gasteiger charge is 2.33. The third-order valence-electron chi connectivity index (χ3n) is 3.28.